The number of ether oxygens (including phenoxy) is 1. The minimum Gasteiger partial charge on any atom is -0.383 e. The first-order valence-electron chi connectivity index (χ1n) is 5.93. The molecule has 1 aromatic heterocycles. The van der Waals surface area contributed by atoms with Crippen molar-refractivity contribution in [1.82, 2.24) is 15.0 Å². The lowest BCUT2D eigenvalue weighted by molar-refractivity contribution is -0.121. The highest BCUT2D eigenvalue weighted by Gasteiger charge is 2.17. The van der Waals surface area contributed by atoms with Crippen molar-refractivity contribution in [2.45, 2.75) is 11.3 Å². The third kappa shape index (κ3) is 5.11. The van der Waals surface area contributed by atoms with Crippen LogP contribution in [0, 0.1) is 0 Å². The van der Waals surface area contributed by atoms with Crippen molar-refractivity contribution in [2.75, 3.05) is 32.5 Å². The SMILES string of the molecule is COCCNC(=O)CCNS(=O)(=O)c1cccnc1N. The van der Waals surface area contributed by atoms with Crippen molar-refractivity contribution in [1.29, 1.82) is 0 Å². The van der Waals surface area contributed by atoms with Gasteiger partial charge in [0.1, 0.15) is 10.7 Å². The highest BCUT2D eigenvalue weighted by Crippen LogP contribution is 2.13. The zero-order valence-corrected chi connectivity index (χ0v) is 11.9. The lowest BCUT2D eigenvalue weighted by Crippen LogP contribution is -2.32. The van der Waals surface area contributed by atoms with Crippen LogP contribution >= 0.6 is 0 Å². The number of nitrogens with zero attached hydrogens (tertiary/aromatic N) is 1. The highest BCUT2D eigenvalue weighted by molar-refractivity contribution is 7.89. The number of anilines is 1. The van der Waals surface area contributed by atoms with Crippen LogP contribution in [0.5, 0.6) is 0 Å². The fourth-order valence-corrected chi connectivity index (χ4v) is 2.50. The number of nitrogens with one attached hydrogen (secondary N) is 2. The van der Waals surface area contributed by atoms with E-state index in [9.17, 15) is 13.2 Å². The van der Waals surface area contributed by atoms with E-state index < -0.39 is 10.0 Å². The summed E-state index contributed by atoms with van der Waals surface area (Å²) in [4.78, 5) is 15.0. The molecule has 0 aliphatic heterocycles. The molecule has 0 unspecified atom stereocenters. The average Bonchev–Trinajstić information content (AvgIpc) is 2.39. The van der Waals surface area contributed by atoms with E-state index in [0.717, 1.165) is 0 Å². The molecule has 0 saturated heterocycles. The van der Waals surface area contributed by atoms with Crippen LogP contribution in [-0.2, 0) is 19.6 Å². The van der Waals surface area contributed by atoms with Crippen LogP contribution in [0.25, 0.3) is 0 Å². The van der Waals surface area contributed by atoms with Crippen LogP contribution in [0.2, 0.25) is 0 Å². The maximum Gasteiger partial charge on any atom is 0.244 e. The summed E-state index contributed by atoms with van der Waals surface area (Å²) in [7, 11) is -2.23. The number of hydrogen-bond donors (Lipinski definition) is 3. The first-order valence-corrected chi connectivity index (χ1v) is 7.41. The molecule has 0 spiro atoms. The number of aromatic nitrogens is 1. The van der Waals surface area contributed by atoms with Gasteiger partial charge < -0.3 is 15.8 Å². The van der Waals surface area contributed by atoms with Gasteiger partial charge in [0.05, 0.1) is 6.61 Å². The second kappa shape index (κ2) is 7.78. The summed E-state index contributed by atoms with van der Waals surface area (Å²) in [6, 6.07) is 2.83. The standard InChI is InChI=1S/C11H18N4O4S/c1-19-8-7-13-10(16)4-6-15-20(17,18)9-3-2-5-14-11(9)12/h2-3,5,15H,4,6-8H2,1H3,(H2,12,14)(H,13,16). The van der Waals surface area contributed by atoms with E-state index >= 15 is 0 Å². The Morgan fingerprint density at radius 2 is 2.20 bits per heavy atom. The summed E-state index contributed by atoms with van der Waals surface area (Å²) >= 11 is 0. The van der Waals surface area contributed by atoms with Gasteiger partial charge in [0, 0.05) is 32.8 Å². The predicted octanol–water partition coefficient (Wildman–Crippen LogP) is -0.905. The van der Waals surface area contributed by atoms with Crippen LogP contribution in [0.1, 0.15) is 6.42 Å². The third-order valence-electron chi connectivity index (χ3n) is 2.36. The van der Waals surface area contributed by atoms with Crippen molar-refractivity contribution in [3.05, 3.63) is 18.3 Å². The summed E-state index contributed by atoms with van der Waals surface area (Å²) < 4.78 is 30.9. The monoisotopic (exact) mass is 302 g/mol. The quantitative estimate of drug-likeness (QED) is 0.534. The van der Waals surface area contributed by atoms with E-state index in [1.807, 2.05) is 0 Å². The third-order valence-corrected chi connectivity index (χ3v) is 3.87. The largest absolute Gasteiger partial charge is 0.383 e. The molecule has 1 heterocycles. The van der Waals surface area contributed by atoms with Crippen molar-refractivity contribution >= 4 is 21.7 Å². The topological polar surface area (TPSA) is 123 Å². The maximum absolute atomic E-state index is 11.9. The molecule has 4 N–H and O–H groups in total. The normalized spacial score (nSPS) is 11.2. The number of nitrogens with two attached hydrogens (primary N) is 1. The summed E-state index contributed by atoms with van der Waals surface area (Å²) in [5, 5.41) is 2.59. The van der Waals surface area contributed by atoms with Gasteiger partial charge in [0.2, 0.25) is 15.9 Å². The average molecular weight is 302 g/mol. The first kappa shape index (κ1) is 16.3. The fraction of sp³-hybridized carbons (Fsp3) is 0.455. The molecule has 112 valence electrons. The highest BCUT2D eigenvalue weighted by atomic mass is 32.2. The van der Waals surface area contributed by atoms with Crippen molar-refractivity contribution in [2.24, 2.45) is 0 Å². The van der Waals surface area contributed by atoms with Crippen molar-refractivity contribution < 1.29 is 17.9 Å². The molecule has 0 radical (unpaired) electrons. The minimum atomic E-state index is -3.75. The number of nitrogen functional groups attached to an aromatic ring is 1. The number of sulfonamides is 1. The fourth-order valence-electron chi connectivity index (χ4n) is 1.39. The summed E-state index contributed by atoms with van der Waals surface area (Å²) in [6.07, 6.45) is 1.43. The van der Waals surface area contributed by atoms with Gasteiger partial charge in [-0.25, -0.2) is 18.1 Å². The van der Waals surface area contributed by atoms with Crippen LogP contribution < -0.4 is 15.8 Å². The van der Waals surface area contributed by atoms with Gasteiger partial charge >= 0.3 is 0 Å². The van der Waals surface area contributed by atoms with Gasteiger partial charge in [0.15, 0.2) is 0 Å². The molecule has 9 heteroatoms. The van der Waals surface area contributed by atoms with Gasteiger partial charge in [-0.2, -0.15) is 0 Å². The zero-order chi connectivity index (χ0) is 15.0. The number of methoxy groups -OCH3 is 1. The minimum absolute atomic E-state index is 0.0184. The summed E-state index contributed by atoms with van der Waals surface area (Å²) in [5.74, 6) is -0.339. The Labute approximate surface area is 117 Å². The smallest absolute Gasteiger partial charge is 0.244 e. The molecule has 1 rings (SSSR count). The molecule has 1 aromatic rings. The molecule has 20 heavy (non-hydrogen) atoms. The molecular formula is C11H18N4O4S. The Morgan fingerprint density at radius 1 is 1.45 bits per heavy atom. The maximum atomic E-state index is 11.9. The number of pyridine rings is 1. The molecule has 0 aliphatic rings. The Balaban J connectivity index is 2.45. The lowest BCUT2D eigenvalue weighted by Gasteiger charge is -2.08. The lowest BCUT2D eigenvalue weighted by atomic mass is 10.4. The van der Waals surface area contributed by atoms with Crippen molar-refractivity contribution in [3.63, 3.8) is 0 Å². The van der Waals surface area contributed by atoms with Gasteiger partial charge in [-0.3, -0.25) is 4.79 Å². The zero-order valence-electron chi connectivity index (χ0n) is 11.1. The van der Waals surface area contributed by atoms with Gasteiger partial charge in [-0.1, -0.05) is 0 Å². The van der Waals surface area contributed by atoms with Gasteiger partial charge in [-0.05, 0) is 12.1 Å². The second-order valence-electron chi connectivity index (χ2n) is 3.88. The molecule has 8 nitrogen and oxygen atoms in total. The van der Waals surface area contributed by atoms with E-state index in [0.29, 0.717) is 13.2 Å². The van der Waals surface area contributed by atoms with Gasteiger partial charge in [0.25, 0.3) is 0 Å². The Kier molecular flexibility index (Phi) is 6.36. The number of rotatable bonds is 8. The van der Waals surface area contributed by atoms with Crippen LogP contribution in [-0.4, -0.2) is 46.1 Å². The molecule has 0 fully saturated rings. The molecule has 0 aliphatic carbocycles. The molecule has 1 amide bonds. The first-order chi connectivity index (χ1) is 9.47. The molecule has 0 aromatic carbocycles. The van der Waals surface area contributed by atoms with Crippen molar-refractivity contribution in [3.8, 4) is 0 Å². The van der Waals surface area contributed by atoms with E-state index in [2.05, 4.69) is 15.0 Å². The number of hydrogen-bond acceptors (Lipinski definition) is 6. The number of carbonyl (C=O) groups is 1. The van der Waals surface area contributed by atoms with E-state index in [1.165, 1.54) is 25.4 Å². The molecule has 0 bridgehead atoms. The summed E-state index contributed by atoms with van der Waals surface area (Å²) in [5.41, 5.74) is 5.50. The Bertz CT molecular complexity index is 547. The summed E-state index contributed by atoms with van der Waals surface area (Å²) in [6.45, 7) is 0.775. The van der Waals surface area contributed by atoms with Crippen LogP contribution in [0.3, 0.4) is 0 Å². The molecule has 0 saturated carbocycles. The number of carbonyl (C=O) groups excluding carboxylic acids is 1. The van der Waals surface area contributed by atoms with Gasteiger partial charge in [-0.15, -0.1) is 0 Å². The van der Waals surface area contributed by atoms with Crippen LogP contribution in [0.15, 0.2) is 23.2 Å². The molecular weight excluding hydrogens is 284 g/mol. The van der Waals surface area contributed by atoms with E-state index in [1.54, 1.807) is 0 Å². The molecule has 0 atom stereocenters. The number of amides is 1. The van der Waals surface area contributed by atoms with E-state index in [-0.39, 0.29) is 29.6 Å². The predicted molar refractivity (Wildman–Crippen MR) is 73.3 cm³/mol. The van der Waals surface area contributed by atoms with Crippen LogP contribution in [0.4, 0.5) is 5.82 Å². The Hall–Kier alpha value is -1.71. The second-order valence-corrected chi connectivity index (χ2v) is 5.61. The van der Waals surface area contributed by atoms with E-state index in [4.69, 9.17) is 10.5 Å². The Morgan fingerprint density at radius 3 is 2.85 bits per heavy atom.